The van der Waals surface area contributed by atoms with Crippen LogP contribution in [-0.2, 0) is 18.1 Å². The van der Waals surface area contributed by atoms with Gasteiger partial charge in [0.15, 0.2) is 11.6 Å². The minimum absolute atomic E-state index is 0.103. The van der Waals surface area contributed by atoms with Gasteiger partial charge in [0.05, 0.1) is 18.2 Å². The van der Waals surface area contributed by atoms with Crippen LogP contribution >= 0.6 is 0 Å². The van der Waals surface area contributed by atoms with Crippen LogP contribution in [0.4, 0.5) is 43.9 Å². The molecule has 14 heteroatoms. The maximum Gasteiger partial charge on any atom is 0.461 e. The van der Waals surface area contributed by atoms with E-state index in [0.29, 0.717) is 23.8 Å². The Hall–Kier alpha value is -4.75. The molecule has 4 aromatic carbocycles. The second-order valence-corrected chi connectivity index (χ2v) is 9.70. The second kappa shape index (κ2) is 12.7. The molecule has 0 aliphatic heterocycles. The van der Waals surface area contributed by atoms with Gasteiger partial charge in [-0.1, -0.05) is 36.4 Å². The highest BCUT2D eigenvalue weighted by molar-refractivity contribution is 5.95. The first kappa shape index (κ1) is 33.1. The van der Waals surface area contributed by atoms with Crippen molar-refractivity contribution in [1.29, 1.82) is 0 Å². The summed E-state index contributed by atoms with van der Waals surface area (Å²) in [7, 11) is 1.09. The third-order valence-corrected chi connectivity index (χ3v) is 6.69. The van der Waals surface area contributed by atoms with Crippen LogP contribution in [0.15, 0.2) is 84.9 Å². The van der Waals surface area contributed by atoms with Crippen molar-refractivity contribution in [3.63, 3.8) is 0 Å². The molecule has 0 heterocycles. The van der Waals surface area contributed by atoms with Crippen LogP contribution in [0.2, 0.25) is 0 Å². The summed E-state index contributed by atoms with van der Waals surface area (Å²) in [5, 5.41) is 2.47. The number of halogens is 10. The van der Waals surface area contributed by atoms with Crippen LogP contribution in [0.3, 0.4) is 0 Å². The standard InChI is InChI=1S/C31H21F10NO3/c1-44-26-14-19(8-10-25(26)34)29(16-17-5-3-2-4-6-17,20-12-21(32)15-22(13-20)45-31(40,41)28(35)36)42-27(43)18-7-9-24(33)23(11-18)30(37,38)39/h2-15,28H,16H2,1H3,(H,42,43). The normalized spacial score (nSPS) is 13.3. The van der Waals surface area contributed by atoms with E-state index in [1.54, 1.807) is 18.2 Å². The molecule has 0 aliphatic carbocycles. The molecule has 1 N–H and O–H groups in total. The summed E-state index contributed by atoms with van der Waals surface area (Å²) in [4.78, 5) is 13.6. The fourth-order valence-electron chi connectivity index (χ4n) is 4.61. The van der Waals surface area contributed by atoms with E-state index in [1.165, 1.54) is 12.1 Å². The SMILES string of the molecule is COc1cc(C(Cc2ccccc2)(NC(=O)c2ccc(F)c(C(F)(F)F)c2)c2cc(F)cc(OC(F)(F)C(F)F)c2)ccc1F. The summed E-state index contributed by atoms with van der Waals surface area (Å²) < 4.78 is 147. The summed E-state index contributed by atoms with van der Waals surface area (Å²) in [6.07, 6.45) is -15.0. The number of carbonyl (C=O) groups excluding carboxylic acids is 1. The van der Waals surface area contributed by atoms with E-state index in [-0.39, 0.29) is 11.6 Å². The lowest BCUT2D eigenvalue weighted by molar-refractivity contribution is -0.253. The topological polar surface area (TPSA) is 47.6 Å². The van der Waals surface area contributed by atoms with Gasteiger partial charge in [0.25, 0.3) is 5.91 Å². The van der Waals surface area contributed by atoms with Gasteiger partial charge >= 0.3 is 18.7 Å². The van der Waals surface area contributed by atoms with Gasteiger partial charge in [-0.25, -0.2) is 13.2 Å². The lowest BCUT2D eigenvalue weighted by Gasteiger charge is -2.37. The Morgan fingerprint density at radius 1 is 0.800 bits per heavy atom. The number of nitrogens with one attached hydrogen (secondary N) is 1. The average Bonchev–Trinajstić information content (AvgIpc) is 2.96. The molecule has 0 spiro atoms. The van der Waals surface area contributed by atoms with Crippen molar-refractivity contribution in [3.8, 4) is 11.5 Å². The Morgan fingerprint density at radius 3 is 2.09 bits per heavy atom. The highest BCUT2D eigenvalue weighted by atomic mass is 19.4. The first-order valence-corrected chi connectivity index (χ1v) is 12.8. The molecule has 4 nitrogen and oxygen atoms in total. The summed E-state index contributed by atoms with van der Waals surface area (Å²) >= 11 is 0. The molecule has 4 aromatic rings. The maximum absolute atomic E-state index is 15.0. The third kappa shape index (κ3) is 7.32. The minimum atomic E-state index is -5.20. The predicted molar refractivity (Wildman–Crippen MR) is 141 cm³/mol. The van der Waals surface area contributed by atoms with Gasteiger partial charge in [0.1, 0.15) is 17.4 Å². The number of amides is 1. The minimum Gasteiger partial charge on any atom is -0.494 e. The van der Waals surface area contributed by atoms with Gasteiger partial charge in [-0.3, -0.25) is 4.79 Å². The number of alkyl halides is 7. The average molecular weight is 645 g/mol. The molecule has 0 saturated heterocycles. The van der Waals surface area contributed by atoms with Crippen molar-refractivity contribution in [2.45, 2.75) is 30.7 Å². The number of methoxy groups -OCH3 is 1. The van der Waals surface area contributed by atoms with E-state index >= 15 is 4.39 Å². The monoisotopic (exact) mass is 645 g/mol. The highest BCUT2D eigenvalue weighted by Crippen LogP contribution is 2.40. The van der Waals surface area contributed by atoms with Gasteiger partial charge in [0, 0.05) is 18.1 Å². The molecule has 1 unspecified atom stereocenters. The van der Waals surface area contributed by atoms with Gasteiger partial charge in [-0.2, -0.15) is 30.7 Å². The third-order valence-electron chi connectivity index (χ3n) is 6.69. The molecule has 4 rings (SSSR count). The Kier molecular flexibility index (Phi) is 9.35. The molecular weight excluding hydrogens is 624 g/mol. The summed E-state index contributed by atoms with van der Waals surface area (Å²) in [5.74, 6) is -6.66. The maximum atomic E-state index is 15.0. The van der Waals surface area contributed by atoms with Crippen LogP contribution in [0.5, 0.6) is 11.5 Å². The molecule has 1 amide bonds. The molecule has 238 valence electrons. The fourth-order valence-corrected chi connectivity index (χ4v) is 4.61. The lowest BCUT2D eigenvalue weighted by Crippen LogP contribution is -2.49. The first-order chi connectivity index (χ1) is 21.1. The molecule has 1 atom stereocenters. The predicted octanol–water partition coefficient (Wildman–Crippen LogP) is 8.28. The zero-order chi connectivity index (χ0) is 33.2. The van der Waals surface area contributed by atoms with Gasteiger partial charge in [-0.15, -0.1) is 0 Å². The second-order valence-electron chi connectivity index (χ2n) is 9.70. The molecule has 0 fully saturated rings. The molecule has 0 radical (unpaired) electrons. The van der Waals surface area contributed by atoms with Crippen molar-refractivity contribution in [3.05, 3.63) is 130 Å². The van der Waals surface area contributed by atoms with Crippen molar-refractivity contribution >= 4 is 5.91 Å². The van der Waals surface area contributed by atoms with E-state index < -0.39 is 82.2 Å². The van der Waals surface area contributed by atoms with E-state index in [4.69, 9.17) is 4.74 Å². The van der Waals surface area contributed by atoms with E-state index in [0.717, 1.165) is 37.4 Å². The number of ether oxygens (including phenoxy) is 2. The number of rotatable bonds is 10. The van der Waals surface area contributed by atoms with Gasteiger partial charge in [-0.05, 0) is 59.2 Å². The Balaban J connectivity index is 2.00. The first-order valence-electron chi connectivity index (χ1n) is 12.8. The van der Waals surface area contributed by atoms with Crippen LogP contribution in [-0.4, -0.2) is 25.6 Å². The van der Waals surface area contributed by atoms with Crippen LogP contribution in [0.25, 0.3) is 0 Å². The Morgan fingerprint density at radius 2 is 1.47 bits per heavy atom. The summed E-state index contributed by atoms with van der Waals surface area (Å²) in [6, 6.07) is 14.0. The van der Waals surface area contributed by atoms with Crippen molar-refractivity contribution in [2.24, 2.45) is 0 Å². The Labute approximate surface area is 249 Å². The number of benzene rings is 4. The van der Waals surface area contributed by atoms with Gasteiger partial charge < -0.3 is 14.8 Å². The molecule has 0 aromatic heterocycles. The molecule has 45 heavy (non-hydrogen) atoms. The van der Waals surface area contributed by atoms with E-state index in [2.05, 4.69) is 10.1 Å². The van der Waals surface area contributed by atoms with Crippen LogP contribution in [0.1, 0.15) is 32.6 Å². The quantitative estimate of drug-likeness (QED) is 0.177. The van der Waals surface area contributed by atoms with Crippen molar-refractivity contribution in [2.75, 3.05) is 7.11 Å². The summed E-state index contributed by atoms with van der Waals surface area (Å²) in [6.45, 7) is 0. The fraction of sp³-hybridized carbons (Fsp3) is 0.194. The number of hydrogen-bond acceptors (Lipinski definition) is 3. The van der Waals surface area contributed by atoms with Crippen molar-refractivity contribution in [1.82, 2.24) is 5.32 Å². The molecule has 0 aliphatic rings. The van der Waals surface area contributed by atoms with E-state index in [9.17, 15) is 44.3 Å². The number of hydrogen-bond donors (Lipinski definition) is 1. The van der Waals surface area contributed by atoms with Crippen LogP contribution < -0.4 is 14.8 Å². The smallest absolute Gasteiger partial charge is 0.461 e. The molecule has 0 bridgehead atoms. The van der Waals surface area contributed by atoms with Crippen LogP contribution in [0, 0.1) is 17.5 Å². The zero-order valence-corrected chi connectivity index (χ0v) is 22.9. The largest absolute Gasteiger partial charge is 0.494 e. The lowest BCUT2D eigenvalue weighted by atomic mass is 9.77. The van der Waals surface area contributed by atoms with E-state index in [1.807, 2.05) is 0 Å². The summed E-state index contributed by atoms with van der Waals surface area (Å²) in [5.41, 5.74) is -4.80. The van der Waals surface area contributed by atoms with Crippen molar-refractivity contribution < 1.29 is 58.2 Å². The van der Waals surface area contributed by atoms with Gasteiger partial charge in [0.2, 0.25) is 0 Å². The zero-order valence-electron chi connectivity index (χ0n) is 22.9. The Bertz CT molecular complexity index is 1680. The number of carbonyl (C=O) groups is 1. The molecular formula is C31H21F10NO3. The highest BCUT2D eigenvalue weighted by Gasteiger charge is 2.45. The molecule has 0 saturated carbocycles.